The minimum atomic E-state index is 0.252. The van der Waals surface area contributed by atoms with E-state index in [1.165, 1.54) is 30.6 Å². The predicted octanol–water partition coefficient (Wildman–Crippen LogP) is 3.37. The molecule has 0 bridgehead atoms. The average molecular weight is 314 g/mol. The molecule has 23 heavy (non-hydrogen) atoms. The maximum Gasteiger partial charge on any atom is 0.103 e. The Morgan fingerprint density at radius 1 is 1.26 bits per heavy atom. The van der Waals surface area contributed by atoms with E-state index in [1.807, 2.05) is 0 Å². The maximum atomic E-state index is 5.69. The quantitative estimate of drug-likeness (QED) is 0.874. The van der Waals surface area contributed by atoms with Crippen LogP contribution in [0.25, 0.3) is 0 Å². The molecule has 4 nitrogen and oxygen atoms in total. The molecule has 1 fully saturated rings. The van der Waals surface area contributed by atoms with E-state index < -0.39 is 0 Å². The molecule has 0 aliphatic carbocycles. The van der Waals surface area contributed by atoms with Crippen LogP contribution in [0.1, 0.15) is 39.5 Å². The van der Waals surface area contributed by atoms with Gasteiger partial charge in [0.05, 0.1) is 11.4 Å². The second-order valence-corrected chi connectivity index (χ2v) is 7.38. The highest BCUT2D eigenvalue weighted by Crippen LogP contribution is 2.39. The van der Waals surface area contributed by atoms with Crippen molar-refractivity contribution in [2.24, 2.45) is 5.73 Å². The summed E-state index contributed by atoms with van der Waals surface area (Å²) in [6.07, 6.45) is 4.64. The minimum Gasteiger partial charge on any atom is -0.340 e. The molecule has 2 aliphatic heterocycles. The molecule has 0 amide bonds. The Morgan fingerprint density at radius 3 is 2.65 bits per heavy atom. The van der Waals surface area contributed by atoms with E-state index in [4.69, 9.17) is 5.73 Å². The second-order valence-electron chi connectivity index (χ2n) is 7.38. The van der Waals surface area contributed by atoms with Gasteiger partial charge in [0.15, 0.2) is 0 Å². The molecule has 0 unspecified atom stereocenters. The molecule has 0 spiro atoms. The molecule has 0 aromatic heterocycles. The van der Waals surface area contributed by atoms with E-state index in [2.05, 4.69) is 59.8 Å². The van der Waals surface area contributed by atoms with Crippen molar-refractivity contribution in [2.45, 2.75) is 51.1 Å². The van der Waals surface area contributed by atoms with E-state index in [0.29, 0.717) is 6.04 Å². The molecule has 4 heteroatoms. The number of nitrogens with zero attached hydrogens (tertiary/aromatic N) is 2. The fourth-order valence-electron chi connectivity index (χ4n) is 3.99. The third-order valence-electron chi connectivity index (χ3n) is 5.41. The van der Waals surface area contributed by atoms with Gasteiger partial charge in [0.25, 0.3) is 0 Å². The van der Waals surface area contributed by atoms with Crippen molar-refractivity contribution in [1.82, 2.24) is 4.90 Å². The molecular weight excluding hydrogens is 284 g/mol. The van der Waals surface area contributed by atoms with Crippen LogP contribution in [0.3, 0.4) is 0 Å². The third kappa shape index (κ3) is 3.24. The van der Waals surface area contributed by atoms with Gasteiger partial charge in [0, 0.05) is 24.7 Å². The molecule has 1 aromatic carbocycles. The molecule has 1 saturated heterocycles. The first-order chi connectivity index (χ1) is 11.0. The maximum absolute atomic E-state index is 5.69. The fourth-order valence-corrected chi connectivity index (χ4v) is 3.99. The van der Waals surface area contributed by atoms with Gasteiger partial charge in [-0.3, -0.25) is 4.90 Å². The SMILES string of the molecule is C=C1Nc2ccccc2N1C1CCN(C(C)(C)CCCN)CC1. The highest BCUT2D eigenvalue weighted by atomic mass is 15.3. The van der Waals surface area contributed by atoms with Crippen LogP contribution in [0, 0.1) is 0 Å². The van der Waals surface area contributed by atoms with Crippen LogP contribution in [0.4, 0.5) is 11.4 Å². The zero-order valence-corrected chi connectivity index (χ0v) is 14.5. The van der Waals surface area contributed by atoms with Crippen molar-refractivity contribution >= 4 is 11.4 Å². The minimum absolute atomic E-state index is 0.252. The van der Waals surface area contributed by atoms with Crippen LogP contribution in [0.5, 0.6) is 0 Å². The lowest BCUT2D eigenvalue weighted by atomic mass is 9.91. The van der Waals surface area contributed by atoms with E-state index in [0.717, 1.165) is 31.9 Å². The number of para-hydroxylation sites is 2. The van der Waals surface area contributed by atoms with E-state index in [-0.39, 0.29) is 5.54 Å². The van der Waals surface area contributed by atoms with Crippen LogP contribution in [0.15, 0.2) is 36.7 Å². The molecule has 0 atom stereocenters. The number of piperidine rings is 1. The van der Waals surface area contributed by atoms with Gasteiger partial charge < -0.3 is 16.0 Å². The van der Waals surface area contributed by atoms with E-state index >= 15 is 0 Å². The van der Waals surface area contributed by atoms with Gasteiger partial charge >= 0.3 is 0 Å². The summed E-state index contributed by atoms with van der Waals surface area (Å²) in [5, 5.41) is 3.42. The number of anilines is 2. The first-order valence-corrected chi connectivity index (χ1v) is 8.82. The Balaban J connectivity index is 1.65. The zero-order valence-electron chi connectivity index (χ0n) is 14.5. The lowest BCUT2D eigenvalue weighted by Gasteiger charge is -2.45. The Bertz CT molecular complexity index is 558. The van der Waals surface area contributed by atoms with Crippen molar-refractivity contribution in [2.75, 3.05) is 29.9 Å². The summed E-state index contributed by atoms with van der Waals surface area (Å²) >= 11 is 0. The van der Waals surface area contributed by atoms with Crippen LogP contribution >= 0.6 is 0 Å². The molecule has 0 saturated carbocycles. The Morgan fingerprint density at radius 2 is 1.96 bits per heavy atom. The van der Waals surface area contributed by atoms with Gasteiger partial charge in [0.1, 0.15) is 5.82 Å². The molecule has 0 radical (unpaired) electrons. The average Bonchev–Trinajstić information content (AvgIpc) is 2.89. The molecule has 2 heterocycles. The van der Waals surface area contributed by atoms with Gasteiger partial charge in [0.2, 0.25) is 0 Å². The summed E-state index contributed by atoms with van der Waals surface area (Å²) < 4.78 is 0. The molecular formula is C19H30N4. The highest BCUT2D eigenvalue weighted by Gasteiger charge is 2.35. The fraction of sp³-hybridized carbons (Fsp3) is 0.579. The number of nitrogens with two attached hydrogens (primary N) is 1. The zero-order chi connectivity index (χ0) is 16.4. The van der Waals surface area contributed by atoms with Crippen molar-refractivity contribution in [3.8, 4) is 0 Å². The van der Waals surface area contributed by atoms with Crippen LogP contribution in [0.2, 0.25) is 0 Å². The molecule has 3 rings (SSSR count). The molecule has 1 aromatic rings. The molecule has 126 valence electrons. The first-order valence-electron chi connectivity index (χ1n) is 8.82. The summed E-state index contributed by atoms with van der Waals surface area (Å²) in [6.45, 7) is 12.0. The summed E-state index contributed by atoms with van der Waals surface area (Å²) in [7, 11) is 0. The highest BCUT2D eigenvalue weighted by molar-refractivity contribution is 5.80. The van der Waals surface area contributed by atoms with Gasteiger partial charge in [-0.2, -0.15) is 0 Å². The Labute approximate surface area is 140 Å². The van der Waals surface area contributed by atoms with E-state index in [9.17, 15) is 0 Å². The number of fused-ring (bicyclic) bond motifs is 1. The lowest BCUT2D eigenvalue weighted by molar-refractivity contribution is 0.0801. The topological polar surface area (TPSA) is 44.5 Å². The number of nitrogens with one attached hydrogen (secondary N) is 1. The summed E-state index contributed by atoms with van der Waals surface area (Å²) in [5.74, 6) is 1.02. The molecule has 3 N–H and O–H groups in total. The lowest BCUT2D eigenvalue weighted by Crippen LogP contribution is -2.52. The first kappa shape index (κ1) is 16.3. The van der Waals surface area contributed by atoms with E-state index in [1.54, 1.807) is 0 Å². The van der Waals surface area contributed by atoms with Gasteiger partial charge in [-0.1, -0.05) is 18.7 Å². The predicted molar refractivity (Wildman–Crippen MR) is 98.6 cm³/mol. The van der Waals surface area contributed by atoms with Crippen LogP contribution in [-0.4, -0.2) is 36.1 Å². The van der Waals surface area contributed by atoms with Crippen molar-refractivity contribution in [3.05, 3.63) is 36.7 Å². The van der Waals surface area contributed by atoms with Crippen molar-refractivity contribution in [3.63, 3.8) is 0 Å². The number of hydrogen-bond acceptors (Lipinski definition) is 4. The Kier molecular flexibility index (Phi) is 4.64. The third-order valence-corrected chi connectivity index (χ3v) is 5.41. The normalized spacial score (nSPS) is 19.8. The van der Waals surface area contributed by atoms with Crippen molar-refractivity contribution in [1.29, 1.82) is 0 Å². The van der Waals surface area contributed by atoms with Crippen LogP contribution in [-0.2, 0) is 0 Å². The van der Waals surface area contributed by atoms with Gasteiger partial charge in [-0.15, -0.1) is 0 Å². The summed E-state index contributed by atoms with van der Waals surface area (Å²) in [5.41, 5.74) is 8.40. The van der Waals surface area contributed by atoms with Crippen molar-refractivity contribution < 1.29 is 0 Å². The van der Waals surface area contributed by atoms with Gasteiger partial charge in [-0.25, -0.2) is 0 Å². The monoisotopic (exact) mass is 314 g/mol. The number of hydrogen-bond donors (Lipinski definition) is 2. The van der Waals surface area contributed by atoms with Crippen LogP contribution < -0.4 is 16.0 Å². The summed E-state index contributed by atoms with van der Waals surface area (Å²) in [4.78, 5) is 5.04. The number of likely N-dealkylation sites (tertiary alicyclic amines) is 1. The standard InChI is InChI=1S/C19H30N4/c1-15-21-17-7-4-5-8-18(17)23(15)16-9-13-22(14-10-16)19(2,3)11-6-12-20/h4-5,7-8,16,21H,1,6,9-14,20H2,2-3H3. The smallest absolute Gasteiger partial charge is 0.103 e. The molecule has 2 aliphatic rings. The summed E-state index contributed by atoms with van der Waals surface area (Å²) in [6, 6.07) is 9.05. The number of rotatable bonds is 5. The largest absolute Gasteiger partial charge is 0.340 e. The second kappa shape index (κ2) is 6.54. The van der Waals surface area contributed by atoms with Gasteiger partial charge in [-0.05, 0) is 58.2 Å². The number of benzene rings is 1. The Hall–Kier alpha value is -1.52.